The number of carbonyl (C=O) groups excluding carboxylic acids is 4. The predicted octanol–water partition coefficient (Wildman–Crippen LogP) is -2.35. The Labute approximate surface area is 211 Å². The smallest absolute Gasteiger partial charge is 0.243 e. The second-order valence-electron chi connectivity index (χ2n) is 8.63. The van der Waals surface area contributed by atoms with Crippen LogP contribution in [0.15, 0.2) is 9.98 Å². The topological polar surface area (TPSA) is 245 Å². The molecular formula is C22H42N10O4. The molecule has 0 bridgehead atoms. The molecule has 1 fully saturated rings. The predicted molar refractivity (Wildman–Crippen MR) is 137 cm³/mol. The van der Waals surface area contributed by atoms with Crippen LogP contribution in [0.5, 0.6) is 0 Å². The lowest BCUT2D eigenvalue weighted by Gasteiger charge is -2.29. The summed E-state index contributed by atoms with van der Waals surface area (Å²) in [7, 11) is 0. The highest BCUT2D eigenvalue weighted by atomic mass is 16.2. The zero-order valence-corrected chi connectivity index (χ0v) is 20.9. The zero-order valence-electron chi connectivity index (χ0n) is 20.9. The molecule has 0 spiro atoms. The Hall–Kier alpha value is -3.58. The van der Waals surface area contributed by atoms with Crippen LogP contribution in [0, 0.1) is 0 Å². The van der Waals surface area contributed by atoms with E-state index in [1.807, 2.05) is 0 Å². The molecule has 1 aliphatic heterocycles. The maximum absolute atomic E-state index is 12.4. The van der Waals surface area contributed by atoms with Gasteiger partial charge >= 0.3 is 0 Å². The minimum Gasteiger partial charge on any atom is -0.370 e. The third-order valence-electron chi connectivity index (χ3n) is 5.46. The first-order valence-corrected chi connectivity index (χ1v) is 12.4. The van der Waals surface area contributed by atoms with Crippen LogP contribution in [-0.2, 0) is 19.2 Å². The molecule has 204 valence electrons. The molecule has 36 heavy (non-hydrogen) atoms. The molecule has 0 saturated carbocycles. The molecule has 1 rings (SSSR count). The molecule has 0 unspecified atom stereocenters. The van der Waals surface area contributed by atoms with Gasteiger partial charge in [0.05, 0.1) is 0 Å². The first-order chi connectivity index (χ1) is 17.2. The number of aliphatic imine (C=N–C) groups is 2. The third-order valence-corrected chi connectivity index (χ3v) is 5.46. The van der Waals surface area contributed by atoms with E-state index in [1.165, 1.54) is 0 Å². The number of nitrogens with one attached hydrogen (secondary N) is 4. The Morgan fingerprint density at radius 1 is 0.667 bits per heavy atom. The van der Waals surface area contributed by atoms with Gasteiger partial charge in [0.25, 0.3) is 0 Å². The average molecular weight is 511 g/mol. The Morgan fingerprint density at radius 2 is 1.06 bits per heavy atom. The van der Waals surface area contributed by atoms with E-state index in [0.717, 1.165) is 0 Å². The number of rotatable bonds is 18. The van der Waals surface area contributed by atoms with E-state index in [2.05, 4.69) is 31.3 Å². The van der Waals surface area contributed by atoms with Gasteiger partial charge in [-0.2, -0.15) is 0 Å². The van der Waals surface area contributed by atoms with Gasteiger partial charge in [0.2, 0.25) is 23.6 Å². The van der Waals surface area contributed by atoms with E-state index < -0.39 is 12.1 Å². The van der Waals surface area contributed by atoms with Gasteiger partial charge in [-0.15, -0.1) is 0 Å². The van der Waals surface area contributed by atoms with Crippen molar-refractivity contribution >= 4 is 35.5 Å². The Morgan fingerprint density at radius 3 is 1.42 bits per heavy atom. The van der Waals surface area contributed by atoms with E-state index in [0.29, 0.717) is 90.4 Å². The first-order valence-electron chi connectivity index (χ1n) is 12.4. The Kier molecular flexibility index (Phi) is 15.1. The number of guanidine groups is 2. The zero-order chi connectivity index (χ0) is 26.8. The molecule has 2 atom stereocenters. The van der Waals surface area contributed by atoms with Crippen LogP contribution in [0.4, 0.5) is 0 Å². The van der Waals surface area contributed by atoms with Gasteiger partial charge in [0.1, 0.15) is 12.1 Å². The summed E-state index contributed by atoms with van der Waals surface area (Å²) in [6.45, 7) is 1.82. The van der Waals surface area contributed by atoms with Gasteiger partial charge in [-0.3, -0.25) is 29.2 Å². The minimum atomic E-state index is -0.567. The van der Waals surface area contributed by atoms with Gasteiger partial charge < -0.3 is 44.2 Å². The van der Waals surface area contributed by atoms with Crippen molar-refractivity contribution in [2.24, 2.45) is 32.9 Å². The fourth-order valence-corrected chi connectivity index (χ4v) is 3.56. The van der Waals surface area contributed by atoms with Crippen LogP contribution in [0.3, 0.4) is 0 Å². The second kappa shape index (κ2) is 17.8. The van der Waals surface area contributed by atoms with Gasteiger partial charge in [-0.25, -0.2) is 0 Å². The van der Waals surface area contributed by atoms with E-state index in [-0.39, 0.29) is 35.5 Å². The molecule has 1 heterocycles. The summed E-state index contributed by atoms with van der Waals surface area (Å²) in [4.78, 5) is 55.8. The van der Waals surface area contributed by atoms with Crippen LogP contribution in [-0.4, -0.2) is 73.8 Å². The largest absolute Gasteiger partial charge is 0.370 e. The van der Waals surface area contributed by atoms with E-state index in [4.69, 9.17) is 22.9 Å². The lowest BCUT2D eigenvalue weighted by Crippen LogP contribution is -2.61. The summed E-state index contributed by atoms with van der Waals surface area (Å²) >= 11 is 0. The van der Waals surface area contributed by atoms with Crippen molar-refractivity contribution in [3.05, 3.63) is 0 Å². The lowest BCUT2D eigenvalue weighted by molar-refractivity contribution is -0.137. The van der Waals surface area contributed by atoms with Crippen molar-refractivity contribution in [2.75, 3.05) is 26.2 Å². The van der Waals surface area contributed by atoms with Crippen molar-refractivity contribution in [1.29, 1.82) is 0 Å². The van der Waals surface area contributed by atoms with E-state index in [1.54, 1.807) is 0 Å². The maximum Gasteiger partial charge on any atom is 0.243 e. The highest BCUT2D eigenvalue weighted by molar-refractivity contribution is 5.96. The molecule has 12 N–H and O–H groups in total. The fraction of sp³-hybridized carbons (Fsp3) is 0.727. The van der Waals surface area contributed by atoms with E-state index >= 15 is 0 Å². The highest BCUT2D eigenvalue weighted by Gasteiger charge is 2.32. The molecule has 0 aromatic rings. The quantitative estimate of drug-likeness (QED) is 0.0562. The standard InChI is InChI=1S/C22H42N10O4/c23-21(24)29-13-5-9-17(33)27-11-3-1-7-15-19(35)32-16(20(36)31-15)8-2-4-12-28-18(34)10-6-14-30-22(25)26/h15-16H,1-14H2,(H,27,33)(H,28,34)(H,31,36)(H,32,35)(H4,23,24,29)(H4,25,26,30)/t15-,16-/m0/s1. The number of hydrogen-bond donors (Lipinski definition) is 8. The molecule has 1 aliphatic rings. The van der Waals surface area contributed by atoms with Crippen LogP contribution in [0.25, 0.3) is 0 Å². The van der Waals surface area contributed by atoms with Gasteiger partial charge in [0.15, 0.2) is 11.9 Å². The first kappa shape index (κ1) is 30.5. The van der Waals surface area contributed by atoms with Gasteiger partial charge in [-0.1, -0.05) is 0 Å². The molecule has 14 nitrogen and oxygen atoms in total. The second-order valence-corrected chi connectivity index (χ2v) is 8.63. The molecule has 4 amide bonds. The normalized spacial score (nSPS) is 16.9. The van der Waals surface area contributed by atoms with Crippen LogP contribution < -0.4 is 44.2 Å². The summed E-state index contributed by atoms with van der Waals surface area (Å²) in [5.41, 5.74) is 20.9. The molecule has 0 aliphatic carbocycles. The monoisotopic (exact) mass is 510 g/mol. The molecular weight excluding hydrogens is 468 g/mol. The molecule has 1 saturated heterocycles. The summed E-state index contributed by atoms with van der Waals surface area (Å²) in [5, 5.41) is 11.2. The number of piperazine rings is 1. The number of carbonyl (C=O) groups is 4. The number of unbranched alkanes of at least 4 members (excludes halogenated alkanes) is 2. The van der Waals surface area contributed by atoms with Gasteiger partial charge in [-0.05, 0) is 51.4 Å². The van der Waals surface area contributed by atoms with E-state index in [9.17, 15) is 19.2 Å². The highest BCUT2D eigenvalue weighted by Crippen LogP contribution is 2.10. The van der Waals surface area contributed by atoms with Crippen LogP contribution in [0.2, 0.25) is 0 Å². The summed E-state index contributed by atoms with van der Waals surface area (Å²) in [6.07, 6.45) is 5.57. The Balaban J connectivity index is 2.11. The molecule has 0 radical (unpaired) electrons. The summed E-state index contributed by atoms with van der Waals surface area (Å²) in [5.74, 6) is -0.524. The number of hydrogen-bond acceptors (Lipinski definition) is 6. The lowest BCUT2D eigenvalue weighted by atomic mass is 10.0. The number of nitrogens with two attached hydrogens (primary N) is 4. The number of amides is 4. The third kappa shape index (κ3) is 14.6. The summed E-state index contributed by atoms with van der Waals surface area (Å²) < 4.78 is 0. The molecule has 14 heteroatoms. The van der Waals surface area contributed by atoms with Crippen LogP contribution >= 0.6 is 0 Å². The van der Waals surface area contributed by atoms with Gasteiger partial charge in [0, 0.05) is 39.0 Å². The maximum atomic E-state index is 12.4. The van der Waals surface area contributed by atoms with Crippen LogP contribution in [0.1, 0.15) is 64.2 Å². The fourth-order valence-electron chi connectivity index (χ4n) is 3.56. The number of nitrogens with zero attached hydrogens (tertiary/aromatic N) is 2. The SMILES string of the molecule is NC(N)=NCCCC(=O)NCCCC[C@@H]1NC(=O)[C@H](CCCCNC(=O)CCCN=C(N)N)NC1=O. The van der Waals surface area contributed by atoms with Crippen molar-refractivity contribution in [3.8, 4) is 0 Å². The van der Waals surface area contributed by atoms with Crippen molar-refractivity contribution in [2.45, 2.75) is 76.3 Å². The van der Waals surface area contributed by atoms with Crippen molar-refractivity contribution in [1.82, 2.24) is 21.3 Å². The average Bonchev–Trinajstić information content (AvgIpc) is 2.81. The minimum absolute atomic E-state index is 0.00934. The van der Waals surface area contributed by atoms with Crippen molar-refractivity contribution < 1.29 is 19.2 Å². The van der Waals surface area contributed by atoms with Crippen molar-refractivity contribution in [3.63, 3.8) is 0 Å². The Bertz CT molecular complexity index is 715. The summed E-state index contributed by atoms with van der Waals surface area (Å²) in [6, 6.07) is -1.13. The molecule has 0 aromatic heterocycles. The molecule has 0 aromatic carbocycles.